The summed E-state index contributed by atoms with van der Waals surface area (Å²) in [5.74, 6) is -1.14. The average Bonchev–Trinajstić information content (AvgIpc) is 3.11. The van der Waals surface area contributed by atoms with Gasteiger partial charge in [0.15, 0.2) is 12.0 Å². The first-order chi connectivity index (χ1) is 16.3. The Morgan fingerprint density at radius 3 is 2.50 bits per heavy atom. The number of rotatable bonds is 9. The normalized spacial score (nSPS) is 15.2. The van der Waals surface area contributed by atoms with Crippen LogP contribution in [0.1, 0.15) is 41.6 Å². The van der Waals surface area contributed by atoms with Gasteiger partial charge in [-0.15, -0.1) is 0 Å². The highest BCUT2D eigenvalue weighted by molar-refractivity contribution is 5.99. The van der Waals surface area contributed by atoms with Gasteiger partial charge >= 0.3 is 0 Å². The highest BCUT2D eigenvalue weighted by Gasteiger charge is 2.42. The minimum atomic E-state index is -0.702. The molecule has 0 fully saturated rings. The number of nitrogens with two attached hydrogens (primary N) is 1. The monoisotopic (exact) mass is 467 g/mol. The summed E-state index contributed by atoms with van der Waals surface area (Å²) in [7, 11) is 0. The first-order valence-corrected chi connectivity index (χ1v) is 11.1. The van der Waals surface area contributed by atoms with Crippen molar-refractivity contribution in [2.75, 3.05) is 32.8 Å². The van der Waals surface area contributed by atoms with Gasteiger partial charge in [0.05, 0.1) is 17.0 Å². The third-order valence-electron chi connectivity index (χ3n) is 6.06. The van der Waals surface area contributed by atoms with E-state index < -0.39 is 23.2 Å². The fourth-order valence-electron chi connectivity index (χ4n) is 4.26. The summed E-state index contributed by atoms with van der Waals surface area (Å²) >= 11 is 0. The predicted octanol–water partition coefficient (Wildman–Crippen LogP) is 2.68. The van der Waals surface area contributed by atoms with E-state index in [4.69, 9.17) is 14.9 Å². The molecule has 2 amide bonds. The summed E-state index contributed by atoms with van der Waals surface area (Å²) in [6, 6.07) is 9.72. The number of nitrogens with zero attached hydrogens (tertiary/aromatic N) is 2. The average molecular weight is 467 g/mol. The molecule has 2 heterocycles. The molecule has 1 aliphatic heterocycles. The smallest absolute Gasteiger partial charge is 0.290 e. The second kappa shape index (κ2) is 9.64. The van der Waals surface area contributed by atoms with Crippen LogP contribution in [0.5, 0.6) is 5.75 Å². The molecule has 3 aromatic rings. The van der Waals surface area contributed by atoms with Gasteiger partial charge in [-0.05, 0) is 49.0 Å². The summed E-state index contributed by atoms with van der Waals surface area (Å²) in [4.78, 5) is 41.6. The van der Waals surface area contributed by atoms with Crippen molar-refractivity contribution in [3.05, 3.63) is 75.4 Å². The number of ether oxygens (including phenoxy) is 1. The van der Waals surface area contributed by atoms with E-state index in [-0.39, 0.29) is 34.8 Å². The zero-order chi connectivity index (χ0) is 24.4. The van der Waals surface area contributed by atoms with E-state index >= 15 is 0 Å². The molecule has 8 nitrogen and oxygen atoms in total. The molecule has 9 heteroatoms. The molecule has 4 rings (SSSR count). The molecule has 1 unspecified atom stereocenters. The van der Waals surface area contributed by atoms with Crippen LogP contribution in [0.3, 0.4) is 0 Å². The molecule has 0 saturated heterocycles. The maximum Gasteiger partial charge on any atom is 0.290 e. The van der Waals surface area contributed by atoms with Gasteiger partial charge in [0.25, 0.3) is 11.8 Å². The quantitative estimate of drug-likeness (QED) is 0.519. The van der Waals surface area contributed by atoms with Crippen LogP contribution in [0.4, 0.5) is 4.39 Å². The predicted molar refractivity (Wildman–Crippen MR) is 124 cm³/mol. The van der Waals surface area contributed by atoms with Crippen molar-refractivity contribution in [1.82, 2.24) is 9.80 Å². The number of carbonyl (C=O) groups is 2. The molecule has 0 bridgehead atoms. The molecule has 2 N–H and O–H groups in total. The van der Waals surface area contributed by atoms with Gasteiger partial charge in [0.2, 0.25) is 5.76 Å². The number of benzene rings is 2. The SMILES string of the molecule is CCN(CC)CCN1C(=O)c2oc3ccc(F)cc3c(=O)c2C1c1ccc(OCC(N)=O)cc1. The molecular weight excluding hydrogens is 441 g/mol. The van der Waals surface area contributed by atoms with E-state index in [1.807, 2.05) is 13.8 Å². The topological polar surface area (TPSA) is 106 Å². The van der Waals surface area contributed by atoms with E-state index in [1.165, 1.54) is 12.1 Å². The summed E-state index contributed by atoms with van der Waals surface area (Å²) in [5.41, 5.74) is 5.71. The Morgan fingerprint density at radius 1 is 1.15 bits per heavy atom. The first-order valence-electron chi connectivity index (χ1n) is 11.1. The molecule has 0 aliphatic carbocycles. The van der Waals surface area contributed by atoms with Crippen LogP contribution in [0, 0.1) is 5.82 Å². The van der Waals surface area contributed by atoms with Crippen LogP contribution in [-0.2, 0) is 4.79 Å². The first kappa shape index (κ1) is 23.4. The molecule has 2 aromatic carbocycles. The number of likely N-dealkylation sites (N-methyl/N-ethyl adjacent to an activating group) is 1. The molecule has 0 spiro atoms. The Labute approximate surface area is 195 Å². The lowest BCUT2D eigenvalue weighted by molar-refractivity contribution is -0.119. The van der Waals surface area contributed by atoms with Crippen LogP contribution < -0.4 is 15.9 Å². The second-order valence-electron chi connectivity index (χ2n) is 8.07. The van der Waals surface area contributed by atoms with Crippen molar-refractivity contribution < 1.29 is 23.1 Å². The van der Waals surface area contributed by atoms with Gasteiger partial charge in [-0.25, -0.2) is 4.39 Å². The number of carbonyl (C=O) groups excluding carboxylic acids is 2. The fourth-order valence-corrected chi connectivity index (χ4v) is 4.26. The highest BCUT2D eigenvalue weighted by Crippen LogP contribution is 2.38. The van der Waals surface area contributed by atoms with Crippen LogP contribution in [-0.4, -0.2) is 54.4 Å². The number of halogens is 1. The van der Waals surface area contributed by atoms with E-state index in [0.717, 1.165) is 19.2 Å². The van der Waals surface area contributed by atoms with Crippen molar-refractivity contribution in [3.8, 4) is 5.75 Å². The molecular formula is C25H26FN3O5. The van der Waals surface area contributed by atoms with Crippen molar-refractivity contribution in [3.63, 3.8) is 0 Å². The van der Waals surface area contributed by atoms with Gasteiger partial charge in [-0.3, -0.25) is 14.4 Å². The lowest BCUT2D eigenvalue weighted by atomic mass is 9.98. The van der Waals surface area contributed by atoms with E-state index in [1.54, 1.807) is 29.2 Å². The Hall–Kier alpha value is -3.72. The molecule has 34 heavy (non-hydrogen) atoms. The molecule has 0 radical (unpaired) electrons. The third kappa shape index (κ3) is 4.38. The van der Waals surface area contributed by atoms with Crippen LogP contribution in [0.15, 0.2) is 51.7 Å². The lowest BCUT2D eigenvalue weighted by Crippen LogP contribution is -2.37. The largest absolute Gasteiger partial charge is 0.484 e. The molecule has 178 valence electrons. The van der Waals surface area contributed by atoms with Crippen molar-refractivity contribution in [1.29, 1.82) is 0 Å². The molecule has 1 aliphatic rings. The summed E-state index contributed by atoms with van der Waals surface area (Å²) in [5, 5.41) is 0.0866. The highest BCUT2D eigenvalue weighted by atomic mass is 19.1. The number of primary amides is 1. The minimum Gasteiger partial charge on any atom is -0.484 e. The van der Waals surface area contributed by atoms with E-state index in [2.05, 4.69) is 4.90 Å². The Balaban J connectivity index is 1.79. The molecule has 0 saturated carbocycles. The number of hydrogen-bond acceptors (Lipinski definition) is 6. The molecule has 1 aromatic heterocycles. The minimum absolute atomic E-state index is 0.0253. The van der Waals surface area contributed by atoms with Crippen LogP contribution in [0.2, 0.25) is 0 Å². The van der Waals surface area contributed by atoms with E-state index in [0.29, 0.717) is 24.4 Å². The maximum absolute atomic E-state index is 13.9. The Bertz CT molecular complexity index is 1280. The van der Waals surface area contributed by atoms with Crippen molar-refractivity contribution >= 4 is 22.8 Å². The summed E-state index contributed by atoms with van der Waals surface area (Å²) in [6.07, 6.45) is 0. The van der Waals surface area contributed by atoms with Gasteiger partial charge in [0.1, 0.15) is 17.1 Å². The third-order valence-corrected chi connectivity index (χ3v) is 6.06. The van der Waals surface area contributed by atoms with Gasteiger partial charge in [0, 0.05) is 13.1 Å². The second-order valence-corrected chi connectivity index (χ2v) is 8.07. The lowest BCUT2D eigenvalue weighted by Gasteiger charge is -2.28. The van der Waals surface area contributed by atoms with Crippen LogP contribution in [0.25, 0.3) is 11.0 Å². The van der Waals surface area contributed by atoms with Gasteiger partial charge in [-0.1, -0.05) is 26.0 Å². The number of hydrogen-bond donors (Lipinski definition) is 1. The summed E-state index contributed by atoms with van der Waals surface area (Å²) < 4.78 is 25.0. The Kier molecular flexibility index (Phi) is 6.65. The Morgan fingerprint density at radius 2 is 1.85 bits per heavy atom. The van der Waals surface area contributed by atoms with Crippen molar-refractivity contribution in [2.45, 2.75) is 19.9 Å². The van der Waals surface area contributed by atoms with Crippen LogP contribution >= 0.6 is 0 Å². The zero-order valence-electron chi connectivity index (χ0n) is 19.0. The van der Waals surface area contributed by atoms with Gasteiger partial charge < -0.3 is 24.7 Å². The van der Waals surface area contributed by atoms with Crippen molar-refractivity contribution in [2.24, 2.45) is 5.73 Å². The molecule has 1 atom stereocenters. The standard InChI is InChI=1S/C25H26FN3O5/c1-3-28(4-2)11-12-29-22(15-5-8-17(9-6-15)33-14-20(27)30)21-23(31)18-13-16(26)7-10-19(18)34-24(21)25(29)32/h5-10,13,22H,3-4,11-12,14H2,1-2H3,(H2,27,30). The number of fused-ring (bicyclic) bond motifs is 2. The fraction of sp³-hybridized carbons (Fsp3) is 0.320. The maximum atomic E-state index is 13.9. The van der Waals surface area contributed by atoms with E-state index in [9.17, 15) is 18.8 Å². The summed E-state index contributed by atoms with van der Waals surface area (Å²) in [6.45, 7) is 6.45. The van der Waals surface area contributed by atoms with Gasteiger partial charge in [-0.2, -0.15) is 0 Å². The number of amides is 2. The zero-order valence-corrected chi connectivity index (χ0v) is 19.0.